The van der Waals surface area contributed by atoms with Gasteiger partial charge in [0.15, 0.2) is 6.54 Å². The van der Waals surface area contributed by atoms with Gasteiger partial charge in [-0.1, -0.05) is 31.5 Å². The van der Waals surface area contributed by atoms with Crippen LogP contribution in [0.25, 0.3) is 10.8 Å². The quantitative estimate of drug-likeness (QED) is 0.626. The molecule has 26 heavy (non-hydrogen) atoms. The van der Waals surface area contributed by atoms with Crippen molar-refractivity contribution in [3.8, 4) is 5.75 Å². The minimum atomic E-state index is -0.420. The Kier molecular flexibility index (Phi) is 7.41. The number of nitrogens with one attached hydrogen (secondary N) is 3. The minimum absolute atomic E-state index is 0.238. The third-order valence-electron chi connectivity index (χ3n) is 4.15. The number of methoxy groups -OCH3 is 1. The van der Waals surface area contributed by atoms with Crippen molar-refractivity contribution in [3.63, 3.8) is 0 Å². The van der Waals surface area contributed by atoms with Crippen LogP contribution in [0.15, 0.2) is 36.4 Å². The Bertz CT molecular complexity index is 761. The van der Waals surface area contributed by atoms with Crippen molar-refractivity contribution in [1.29, 1.82) is 0 Å². The van der Waals surface area contributed by atoms with Crippen LogP contribution in [-0.2, 0) is 11.3 Å². The Morgan fingerprint density at radius 3 is 2.58 bits per heavy atom. The van der Waals surface area contributed by atoms with E-state index in [1.165, 1.54) is 0 Å². The van der Waals surface area contributed by atoms with Gasteiger partial charge in [-0.2, -0.15) is 0 Å². The predicted octanol–water partition coefficient (Wildman–Crippen LogP) is 1.49. The van der Waals surface area contributed by atoms with Gasteiger partial charge in [-0.15, -0.1) is 0 Å². The van der Waals surface area contributed by atoms with Gasteiger partial charge in [-0.3, -0.25) is 10.1 Å². The number of ether oxygens (including phenoxy) is 1. The number of amides is 3. The highest BCUT2D eigenvalue weighted by Crippen LogP contribution is 2.21. The van der Waals surface area contributed by atoms with Crippen molar-refractivity contribution in [2.24, 2.45) is 0 Å². The first kappa shape index (κ1) is 19.7. The summed E-state index contributed by atoms with van der Waals surface area (Å²) < 4.78 is 5.24. The van der Waals surface area contributed by atoms with Crippen molar-refractivity contribution in [2.75, 3.05) is 27.2 Å². The van der Waals surface area contributed by atoms with E-state index in [2.05, 4.69) is 28.8 Å². The van der Waals surface area contributed by atoms with Crippen LogP contribution in [0.5, 0.6) is 5.75 Å². The van der Waals surface area contributed by atoms with E-state index in [1.54, 1.807) is 7.11 Å². The maximum absolute atomic E-state index is 12.0. The molecule has 3 amide bonds. The molecule has 2 rings (SSSR count). The number of hydrogen-bond donors (Lipinski definition) is 3. The normalized spacial score (nSPS) is 11.8. The number of carbonyl (C=O) groups is 2. The molecule has 0 heterocycles. The number of imide groups is 1. The van der Waals surface area contributed by atoms with Crippen LogP contribution >= 0.6 is 0 Å². The van der Waals surface area contributed by atoms with Gasteiger partial charge in [0, 0.05) is 12.1 Å². The second-order valence-electron chi connectivity index (χ2n) is 6.52. The Hall–Kier alpha value is -2.60. The van der Waals surface area contributed by atoms with E-state index < -0.39 is 6.03 Å². The number of urea groups is 1. The molecule has 0 aliphatic heterocycles. The van der Waals surface area contributed by atoms with Crippen LogP contribution < -0.4 is 20.3 Å². The van der Waals surface area contributed by atoms with Gasteiger partial charge >= 0.3 is 6.03 Å². The number of hydrogen-bond acceptors (Lipinski definition) is 3. The number of rotatable bonds is 8. The predicted molar refractivity (Wildman–Crippen MR) is 102 cm³/mol. The lowest BCUT2D eigenvalue weighted by molar-refractivity contribution is -0.885. The van der Waals surface area contributed by atoms with Crippen molar-refractivity contribution >= 4 is 22.7 Å². The van der Waals surface area contributed by atoms with E-state index in [0.717, 1.165) is 39.8 Å². The number of unbranched alkanes of at least 4 members (excludes halogenated alkanes) is 1. The van der Waals surface area contributed by atoms with Crippen LogP contribution in [0.2, 0.25) is 0 Å². The summed E-state index contributed by atoms with van der Waals surface area (Å²) >= 11 is 0. The summed E-state index contributed by atoms with van der Waals surface area (Å²) in [4.78, 5) is 24.6. The highest BCUT2D eigenvalue weighted by Gasteiger charge is 2.13. The van der Waals surface area contributed by atoms with E-state index >= 15 is 0 Å². The zero-order chi connectivity index (χ0) is 18.9. The summed E-state index contributed by atoms with van der Waals surface area (Å²) in [6, 6.07) is 11.8. The summed E-state index contributed by atoms with van der Waals surface area (Å²) in [5.74, 6) is 0.559. The second-order valence-corrected chi connectivity index (χ2v) is 6.52. The Labute approximate surface area is 154 Å². The van der Waals surface area contributed by atoms with Crippen molar-refractivity contribution in [2.45, 2.75) is 26.3 Å². The molecular weight excluding hydrogens is 330 g/mol. The first-order valence-electron chi connectivity index (χ1n) is 8.97. The molecule has 0 aliphatic carbocycles. The summed E-state index contributed by atoms with van der Waals surface area (Å²) in [6.07, 6.45) is 1.90. The van der Waals surface area contributed by atoms with Crippen LogP contribution in [0.1, 0.15) is 25.3 Å². The Morgan fingerprint density at radius 1 is 1.12 bits per heavy atom. The van der Waals surface area contributed by atoms with E-state index in [4.69, 9.17) is 4.74 Å². The number of benzene rings is 2. The highest BCUT2D eigenvalue weighted by atomic mass is 16.5. The molecule has 0 aliphatic rings. The average Bonchev–Trinajstić information content (AvgIpc) is 2.61. The van der Waals surface area contributed by atoms with E-state index in [0.29, 0.717) is 13.1 Å². The lowest BCUT2D eigenvalue weighted by Crippen LogP contribution is -3.09. The fraction of sp³-hybridized carbons (Fsp3) is 0.400. The monoisotopic (exact) mass is 358 g/mol. The van der Waals surface area contributed by atoms with Gasteiger partial charge in [-0.05, 0) is 35.4 Å². The molecule has 0 bridgehead atoms. The summed E-state index contributed by atoms with van der Waals surface area (Å²) in [6.45, 7) is 3.57. The third kappa shape index (κ3) is 6.04. The van der Waals surface area contributed by atoms with Crippen LogP contribution in [-0.4, -0.2) is 39.2 Å². The maximum Gasteiger partial charge on any atom is 0.321 e. The van der Waals surface area contributed by atoms with Gasteiger partial charge in [0.2, 0.25) is 0 Å². The van der Waals surface area contributed by atoms with E-state index in [1.807, 2.05) is 32.2 Å². The molecule has 2 aromatic rings. The lowest BCUT2D eigenvalue weighted by atomic mass is 10.1. The van der Waals surface area contributed by atoms with E-state index in [9.17, 15) is 9.59 Å². The molecule has 1 atom stereocenters. The molecule has 2 aromatic carbocycles. The fourth-order valence-electron chi connectivity index (χ4n) is 2.79. The van der Waals surface area contributed by atoms with Crippen LogP contribution in [0.3, 0.4) is 0 Å². The van der Waals surface area contributed by atoms with Gasteiger partial charge in [-0.25, -0.2) is 4.79 Å². The summed E-state index contributed by atoms with van der Waals surface area (Å²) in [7, 11) is 3.59. The standard InChI is InChI=1S/C20H27N3O3/c1-4-5-10-21-20(25)22-19(24)14-23(2)13-15-6-7-17-12-18(26-3)9-8-16(17)11-15/h6-9,11-12H,4-5,10,13-14H2,1-3H3,(H2,21,22,24,25)/p+1. The summed E-state index contributed by atoms with van der Waals surface area (Å²) in [5, 5.41) is 7.30. The Balaban J connectivity index is 1.86. The molecule has 0 spiro atoms. The Morgan fingerprint density at radius 2 is 1.85 bits per heavy atom. The minimum Gasteiger partial charge on any atom is -0.497 e. The number of carbonyl (C=O) groups excluding carboxylic acids is 2. The van der Waals surface area contributed by atoms with Crippen LogP contribution in [0, 0.1) is 0 Å². The first-order valence-corrected chi connectivity index (χ1v) is 8.97. The third-order valence-corrected chi connectivity index (χ3v) is 4.15. The van der Waals surface area contributed by atoms with Crippen LogP contribution in [0.4, 0.5) is 4.79 Å². The number of likely N-dealkylation sites (N-methyl/N-ethyl adjacent to an activating group) is 1. The molecule has 3 N–H and O–H groups in total. The average molecular weight is 358 g/mol. The largest absolute Gasteiger partial charge is 0.497 e. The highest BCUT2D eigenvalue weighted by molar-refractivity contribution is 5.94. The van der Waals surface area contributed by atoms with E-state index in [-0.39, 0.29) is 12.5 Å². The number of fused-ring (bicyclic) bond motifs is 1. The smallest absolute Gasteiger partial charge is 0.321 e. The molecule has 0 radical (unpaired) electrons. The molecular formula is C20H28N3O3+. The molecule has 0 saturated carbocycles. The lowest BCUT2D eigenvalue weighted by Gasteiger charge is -2.14. The zero-order valence-electron chi connectivity index (χ0n) is 15.7. The molecule has 0 fully saturated rings. The van der Waals surface area contributed by atoms with Gasteiger partial charge in [0.05, 0.1) is 14.2 Å². The van der Waals surface area contributed by atoms with Gasteiger partial charge in [0.1, 0.15) is 12.3 Å². The van der Waals surface area contributed by atoms with Gasteiger partial charge in [0.25, 0.3) is 5.91 Å². The topological polar surface area (TPSA) is 71.9 Å². The van der Waals surface area contributed by atoms with Crippen molar-refractivity contribution in [3.05, 3.63) is 42.0 Å². The molecule has 0 aromatic heterocycles. The molecule has 0 saturated heterocycles. The molecule has 140 valence electrons. The first-order chi connectivity index (χ1) is 12.5. The molecule has 6 heteroatoms. The second kappa shape index (κ2) is 9.77. The van der Waals surface area contributed by atoms with Crippen molar-refractivity contribution < 1.29 is 19.2 Å². The van der Waals surface area contributed by atoms with Crippen molar-refractivity contribution in [1.82, 2.24) is 10.6 Å². The SMILES string of the molecule is CCCCNC(=O)NC(=O)C[NH+](C)Cc1ccc2cc(OC)ccc2c1. The molecule has 6 nitrogen and oxygen atoms in total. The molecule has 1 unspecified atom stereocenters. The maximum atomic E-state index is 12.0. The summed E-state index contributed by atoms with van der Waals surface area (Å²) in [5.41, 5.74) is 1.14. The zero-order valence-corrected chi connectivity index (χ0v) is 15.7. The van der Waals surface area contributed by atoms with Gasteiger partial charge < -0.3 is 15.0 Å². The number of quaternary nitrogens is 1. The fourth-order valence-corrected chi connectivity index (χ4v) is 2.79.